The van der Waals surface area contributed by atoms with E-state index in [-0.39, 0.29) is 81.6 Å². The molecule has 0 saturated heterocycles. The lowest BCUT2D eigenvalue weighted by Crippen LogP contribution is -2.60. The first kappa shape index (κ1) is 77.2. The summed E-state index contributed by atoms with van der Waals surface area (Å²) in [6, 6.07) is -3.68. The molecule has 19 N–H and O–H groups in total. The molecule has 0 aromatic heterocycles. The van der Waals surface area contributed by atoms with Gasteiger partial charge < -0.3 is 81.2 Å². The summed E-state index contributed by atoms with van der Waals surface area (Å²) in [6.07, 6.45) is 3.85. The minimum absolute atomic E-state index is 0.0621. The second kappa shape index (κ2) is 41.3. The number of carbonyl (C=O) groups excluding carboxylic acids is 10. The average Bonchev–Trinajstić information content (AvgIpc) is 3.65. The van der Waals surface area contributed by atoms with Gasteiger partial charge in [0, 0.05) is 0 Å². The van der Waals surface area contributed by atoms with Crippen molar-refractivity contribution in [2.24, 2.45) is 46.6 Å². The van der Waals surface area contributed by atoms with E-state index >= 15 is 0 Å². The van der Waals surface area contributed by atoms with Crippen LogP contribution in [0.3, 0.4) is 0 Å². The van der Waals surface area contributed by atoms with Crippen LogP contribution in [-0.4, -0.2) is 156 Å². The normalized spacial score (nSPS) is 15.2. The second-order valence-corrected chi connectivity index (χ2v) is 24.1. The van der Waals surface area contributed by atoms with E-state index in [0.29, 0.717) is 51.6 Å². The first-order valence-corrected chi connectivity index (χ1v) is 30.6. The third-order valence-corrected chi connectivity index (χ3v) is 14.0. The summed E-state index contributed by atoms with van der Waals surface area (Å²) in [6.45, 7) is 19.8. The van der Waals surface area contributed by atoms with Gasteiger partial charge in [-0.1, -0.05) is 85.7 Å². The van der Waals surface area contributed by atoms with Crippen molar-refractivity contribution in [3.8, 4) is 0 Å². The van der Waals surface area contributed by atoms with E-state index in [1.807, 2.05) is 85.7 Å². The van der Waals surface area contributed by atoms with Crippen LogP contribution in [0.1, 0.15) is 165 Å². The lowest BCUT2D eigenvalue weighted by Gasteiger charge is -2.28. The van der Waals surface area contributed by atoms with Crippen LogP contribution in [0.2, 0.25) is 0 Å². The number of unbranched alkanes of at least 4 members (excludes halogenated alkanes) is 3. The summed E-state index contributed by atoms with van der Waals surface area (Å²) >= 11 is 0. The number of benzene rings is 1. The van der Waals surface area contributed by atoms with Gasteiger partial charge in [-0.25, -0.2) is 4.79 Å². The highest BCUT2D eigenvalue weighted by Gasteiger charge is 2.35. The maximum atomic E-state index is 14.1. The highest BCUT2D eigenvalue weighted by atomic mass is 16.4. The van der Waals surface area contributed by atoms with Gasteiger partial charge in [-0.2, -0.15) is 0 Å². The maximum absolute atomic E-state index is 14.1. The average molecular weight is 1220 g/mol. The van der Waals surface area contributed by atoms with Gasteiger partial charge in [0.15, 0.2) is 0 Å². The summed E-state index contributed by atoms with van der Waals surface area (Å²) in [4.78, 5) is 150. The fourth-order valence-corrected chi connectivity index (χ4v) is 9.17. The van der Waals surface area contributed by atoms with E-state index in [1.54, 1.807) is 0 Å². The van der Waals surface area contributed by atoms with Crippen LogP contribution in [0.4, 0.5) is 0 Å². The zero-order valence-electron chi connectivity index (χ0n) is 52.8. The lowest BCUT2D eigenvalue weighted by molar-refractivity contribution is -0.143. The van der Waals surface area contributed by atoms with E-state index in [2.05, 4.69) is 53.2 Å². The number of carboxylic acid groups (broad SMARTS) is 1. The first-order valence-electron chi connectivity index (χ1n) is 30.6. The number of hydrogen-bond acceptors (Lipinski definition) is 15. The van der Waals surface area contributed by atoms with Crippen molar-refractivity contribution in [3.63, 3.8) is 0 Å². The van der Waals surface area contributed by atoms with Crippen LogP contribution >= 0.6 is 0 Å². The van der Waals surface area contributed by atoms with Crippen molar-refractivity contribution in [2.45, 2.75) is 233 Å². The van der Waals surface area contributed by atoms with E-state index in [9.17, 15) is 57.8 Å². The van der Waals surface area contributed by atoms with Gasteiger partial charge in [0.25, 0.3) is 0 Å². The maximum Gasteiger partial charge on any atom is 0.326 e. The van der Waals surface area contributed by atoms with Crippen molar-refractivity contribution in [3.05, 3.63) is 35.9 Å². The number of nitrogens with one attached hydrogen (secondary N) is 10. The van der Waals surface area contributed by atoms with Crippen molar-refractivity contribution in [1.82, 2.24) is 53.2 Å². The quantitative estimate of drug-likeness (QED) is 0.0386. The van der Waals surface area contributed by atoms with Crippen LogP contribution < -0.4 is 76.1 Å². The Balaban J connectivity index is 3.27. The van der Waals surface area contributed by atoms with Crippen molar-refractivity contribution in [1.29, 1.82) is 0 Å². The number of carbonyl (C=O) groups is 11. The summed E-state index contributed by atoms with van der Waals surface area (Å²) < 4.78 is 0. The zero-order valence-corrected chi connectivity index (χ0v) is 52.8. The third-order valence-electron chi connectivity index (χ3n) is 14.0. The van der Waals surface area contributed by atoms with Crippen LogP contribution in [-0.2, 0) is 59.2 Å². The van der Waals surface area contributed by atoms with E-state index in [1.165, 1.54) is 20.8 Å². The molecule has 1 aromatic rings. The smallest absolute Gasteiger partial charge is 0.326 e. The Hall–Kier alpha value is -6.77. The molecule has 0 aliphatic heterocycles. The number of nitrogens with two attached hydrogens (primary N) is 4. The highest BCUT2D eigenvalue weighted by Crippen LogP contribution is 2.14. The fourth-order valence-electron chi connectivity index (χ4n) is 9.17. The Morgan fingerprint density at radius 1 is 0.349 bits per heavy atom. The molecular formula is C60H106N14O12. The fraction of sp³-hybridized carbons (Fsp3) is 0.717. The standard InChI is InChI=1S/C60H106N14O12/c1-34(2)29-46(71-50(75)38(9)65-53(78)42(64)33-41-21-13-12-14-22-41)57(82)67-40(11)52(77)73-47(30-35(3)4)58(83)69-43(23-15-18-26-61)54(79)66-39(10)51(76)72-48(31-36(5)6)59(84)70-44(24-16-19-27-62)55(80)68-45(25-17-20-28-63)56(81)74-49(60(85)86)32-37(7)8/h12-14,21-22,34-40,42-49H,15-20,23-33,61-64H2,1-11H3,(H,65,78)(H,66,79)(H,67,82)(H,68,80)(H,69,83)(H,70,84)(H,71,75)(H,72,76)(H,73,77)(H,74,81)(H,85,86)/t38-,39-,40-,42-,43-,44-,45-,46-,47-,48-,49-/m0/s1. The molecule has 0 saturated carbocycles. The molecule has 0 bridgehead atoms. The molecule has 26 heteroatoms. The monoisotopic (exact) mass is 1210 g/mol. The Bertz CT molecular complexity index is 2310. The van der Waals surface area contributed by atoms with Crippen LogP contribution in [0, 0.1) is 23.7 Å². The lowest BCUT2D eigenvalue weighted by atomic mass is 10.0. The molecule has 11 atom stereocenters. The molecule has 0 heterocycles. The molecule has 1 aromatic carbocycles. The number of aliphatic carboxylic acids is 1. The predicted octanol–water partition coefficient (Wildman–Crippen LogP) is 0.120. The van der Waals surface area contributed by atoms with Gasteiger partial charge in [-0.15, -0.1) is 0 Å². The topological polar surface area (TPSA) is 432 Å². The summed E-state index contributed by atoms with van der Waals surface area (Å²) in [5, 5.41) is 36.5. The minimum Gasteiger partial charge on any atom is -0.480 e. The van der Waals surface area contributed by atoms with Gasteiger partial charge in [0.1, 0.15) is 60.4 Å². The van der Waals surface area contributed by atoms with Crippen molar-refractivity contribution >= 4 is 65.0 Å². The Morgan fingerprint density at radius 3 is 0.907 bits per heavy atom. The molecule has 0 spiro atoms. The number of amides is 10. The Morgan fingerprint density at radius 2 is 0.605 bits per heavy atom. The molecule has 0 aliphatic carbocycles. The predicted molar refractivity (Wildman–Crippen MR) is 329 cm³/mol. The zero-order chi connectivity index (χ0) is 65.2. The Kier molecular flexibility index (Phi) is 37.1. The molecule has 0 aliphatic rings. The molecule has 488 valence electrons. The van der Waals surface area contributed by atoms with Gasteiger partial charge >= 0.3 is 5.97 Å². The summed E-state index contributed by atoms with van der Waals surface area (Å²) in [7, 11) is 0. The molecule has 0 unspecified atom stereocenters. The van der Waals surface area contributed by atoms with E-state index in [0.717, 1.165) is 5.56 Å². The first-order chi connectivity index (χ1) is 40.4. The molecular weight excluding hydrogens is 1110 g/mol. The van der Waals surface area contributed by atoms with Gasteiger partial charge in [-0.3, -0.25) is 47.9 Å². The SMILES string of the molecule is CC(C)C[C@H](NC(=O)[C@H](CCCCN)NC(=O)[C@H](CCCCN)NC(=O)[C@H](CC(C)C)NC(=O)[C@H](C)NC(=O)[C@H](CCCCN)NC(=O)[C@H](CC(C)C)NC(=O)[C@H](C)NC(=O)[C@H](CC(C)C)NC(=O)[C@H](C)NC(=O)[C@@H](N)Cc1ccccc1)C(=O)O. The highest BCUT2D eigenvalue weighted by molar-refractivity contribution is 5.98. The van der Waals surface area contributed by atoms with Gasteiger partial charge in [-0.05, 0) is 160 Å². The largest absolute Gasteiger partial charge is 0.480 e. The number of hydrogen-bond donors (Lipinski definition) is 15. The number of rotatable bonds is 43. The van der Waals surface area contributed by atoms with Crippen LogP contribution in [0.25, 0.3) is 0 Å². The minimum atomic E-state index is -1.27. The van der Waals surface area contributed by atoms with Crippen molar-refractivity contribution < 1.29 is 57.8 Å². The van der Waals surface area contributed by atoms with Crippen molar-refractivity contribution in [2.75, 3.05) is 19.6 Å². The van der Waals surface area contributed by atoms with Gasteiger partial charge in [0.05, 0.1) is 6.04 Å². The van der Waals surface area contributed by atoms with Crippen LogP contribution in [0.5, 0.6) is 0 Å². The van der Waals surface area contributed by atoms with Crippen LogP contribution in [0.15, 0.2) is 30.3 Å². The molecule has 0 radical (unpaired) electrons. The molecule has 26 nitrogen and oxygen atoms in total. The van der Waals surface area contributed by atoms with Gasteiger partial charge in [0.2, 0.25) is 59.1 Å². The molecule has 1 rings (SSSR count). The van der Waals surface area contributed by atoms with E-state index < -0.39 is 132 Å². The third kappa shape index (κ3) is 31.0. The van der Waals surface area contributed by atoms with E-state index in [4.69, 9.17) is 22.9 Å². The molecule has 10 amide bonds. The molecule has 0 fully saturated rings. The second-order valence-electron chi connectivity index (χ2n) is 24.1. The summed E-state index contributed by atoms with van der Waals surface area (Å²) in [5.74, 6) is -8.71. The summed E-state index contributed by atoms with van der Waals surface area (Å²) in [5.41, 5.74) is 24.2. The molecule has 86 heavy (non-hydrogen) atoms. The number of carboxylic acids is 1. The Labute approximate surface area is 509 Å².